The van der Waals surface area contributed by atoms with Gasteiger partial charge in [-0.25, -0.2) is 9.78 Å². The average Bonchev–Trinajstić information content (AvgIpc) is 2.63. The molecule has 1 amide bonds. The van der Waals surface area contributed by atoms with Gasteiger partial charge in [0, 0.05) is 18.0 Å². The molecule has 0 bridgehead atoms. The SMILES string of the molecule is CCOCc1cccc(Sc2cc(CNC(=O)OC(C)(C)C)cc(C(F)(F)F)n2)c1. The highest BCUT2D eigenvalue weighted by Crippen LogP contribution is 2.33. The van der Waals surface area contributed by atoms with Crippen molar-refractivity contribution in [3.63, 3.8) is 0 Å². The largest absolute Gasteiger partial charge is 0.444 e. The summed E-state index contributed by atoms with van der Waals surface area (Å²) in [6.07, 6.45) is -5.31. The molecule has 5 nitrogen and oxygen atoms in total. The minimum atomic E-state index is -4.60. The summed E-state index contributed by atoms with van der Waals surface area (Å²) >= 11 is 1.11. The van der Waals surface area contributed by atoms with Crippen LogP contribution in [0.4, 0.5) is 18.0 Å². The van der Waals surface area contributed by atoms with E-state index in [4.69, 9.17) is 9.47 Å². The second kappa shape index (κ2) is 10.2. The predicted molar refractivity (Wildman–Crippen MR) is 108 cm³/mol. The molecule has 0 fully saturated rings. The summed E-state index contributed by atoms with van der Waals surface area (Å²) in [5, 5.41) is 2.66. The van der Waals surface area contributed by atoms with Crippen LogP contribution in [0.15, 0.2) is 46.3 Å². The molecule has 0 spiro atoms. The molecule has 1 aromatic carbocycles. The number of amides is 1. The predicted octanol–water partition coefficient (Wildman–Crippen LogP) is 5.81. The molecule has 2 rings (SSSR count). The Morgan fingerprint density at radius 2 is 1.87 bits per heavy atom. The topological polar surface area (TPSA) is 60.5 Å². The highest BCUT2D eigenvalue weighted by atomic mass is 32.2. The molecule has 0 unspecified atom stereocenters. The molecule has 1 aromatic heterocycles. The van der Waals surface area contributed by atoms with Gasteiger partial charge in [-0.05, 0) is 63.1 Å². The normalized spacial score (nSPS) is 12.0. The van der Waals surface area contributed by atoms with Gasteiger partial charge in [0.2, 0.25) is 0 Å². The highest BCUT2D eigenvalue weighted by Gasteiger charge is 2.33. The van der Waals surface area contributed by atoms with Crippen molar-refractivity contribution < 1.29 is 27.4 Å². The number of pyridine rings is 1. The van der Waals surface area contributed by atoms with E-state index in [0.717, 1.165) is 28.3 Å². The van der Waals surface area contributed by atoms with Crippen LogP contribution in [0.1, 0.15) is 44.5 Å². The van der Waals surface area contributed by atoms with Crippen molar-refractivity contribution in [2.75, 3.05) is 6.61 Å². The fraction of sp³-hybridized carbons (Fsp3) is 0.429. The summed E-state index contributed by atoms with van der Waals surface area (Å²) in [5.41, 5.74) is -0.525. The third-order valence-electron chi connectivity index (χ3n) is 3.58. The number of carbonyl (C=O) groups is 1. The smallest absolute Gasteiger partial charge is 0.433 e. The minimum absolute atomic E-state index is 0.113. The second-order valence-corrected chi connectivity index (χ2v) is 8.53. The molecule has 164 valence electrons. The zero-order valence-electron chi connectivity index (χ0n) is 17.3. The van der Waals surface area contributed by atoms with Gasteiger partial charge in [-0.2, -0.15) is 13.2 Å². The fourth-order valence-electron chi connectivity index (χ4n) is 2.39. The summed E-state index contributed by atoms with van der Waals surface area (Å²) < 4.78 is 50.4. The van der Waals surface area contributed by atoms with Crippen molar-refractivity contribution in [2.24, 2.45) is 0 Å². The number of aromatic nitrogens is 1. The number of carbonyl (C=O) groups excluding carboxylic acids is 1. The third kappa shape index (κ3) is 8.23. The summed E-state index contributed by atoms with van der Waals surface area (Å²) in [4.78, 5) is 16.3. The van der Waals surface area contributed by atoms with Gasteiger partial charge in [-0.3, -0.25) is 0 Å². The van der Waals surface area contributed by atoms with Crippen molar-refractivity contribution in [3.8, 4) is 0 Å². The van der Waals surface area contributed by atoms with Crippen LogP contribution in [0.3, 0.4) is 0 Å². The Morgan fingerprint density at radius 3 is 2.50 bits per heavy atom. The number of nitrogens with zero attached hydrogens (tertiary/aromatic N) is 1. The van der Waals surface area contributed by atoms with Gasteiger partial charge in [0.25, 0.3) is 0 Å². The number of benzene rings is 1. The van der Waals surface area contributed by atoms with Gasteiger partial charge in [-0.15, -0.1) is 0 Å². The van der Waals surface area contributed by atoms with E-state index < -0.39 is 23.6 Å². The molecule has 1 N–H and O–H groups in total. The fourth-order valence-corrected chi connectivity index (χ4v) is 3.34. The average molecular weight is 443 g/mol. The van der Waals surface area contributed by atoms with E-state index in [1.807, 2.05) is 25.1 Å². The van der Waals surface area contributed by atoms with Crippen LogP contribution in [-0.2, 0) is 28.8 Å². The lowest BCUT2D eigenvalue weighted by molar-refractivity contribution is -0.141. The molecule has 2 aromatic rings. The summed E-state index contributed by atoms with van der Waals surface area (Å²) in [7, 11) is 0. The van der Waals surface area contributed by atoms with E-state index >= 15 is 0 Å². The van der Waals surface area contributed by atoms with Gasteiger partial charge in [0.05, 0.1) is 6.61 Å². The standard InChI is InChI=1S/C21H25F3N2O3S/c1-5-28-13-14-7-6-8-16(9-14)30-18-11-15(10-17(26-18)21(22,23)24)12-25-19(27)29-20(2,3)4/h6-11H,5,12-13H2,1-4H3,(H,25,27). The first-order chi connectivity index (χ1) is 14.0. The monoisotopic (exact) mass is 442 g/mol. The van der Waals surface area contributed by atoms with Gasteiger partial charge < -0.3 is 14.8 Å². The number of hydrogen-bond acceptors (Lipinski definition) is 5. The Morgan fingerprint density at radius 1 is 1.13 bits per heavy atom. The van der Waals surface area contributed by atoms with E-state index in [-0.39, 0.29) is 17.1 Å². The quantitative estimate of drug-likeness (QED) is 0.586. The van der Waals surface area contributed by atoms with E-state index in [2.05, 4.69) is 10.3 Å². The molecule has 0 aliphatic carbocycles. The van der Waals surface area contributed by atoms with Crippen LogP contribution in [0.25, 0.3) is 0 Å². The van der Waals surface area contributed by atoms with Crippen LogP contribution in [0, 0.1) is 0 Å². The maximum Gasteiger partial charge on any atom is 0.433 e. The zero-order chi connectivity index (χ0) is 22.4. The molecule has 9 heteroatoms. The zero-order valence-corrected chi connectivity index (χ0v) is 18.1. The van der Waals surface area contributed by atoms with Gasteiger partial charge >= 0.3 is 12.3 Å². The van der Waals surface area contributed by atoms with Crippen LogP contribution < -0.4 is 5.32 Å². The van der Waals surface area contributed by atoms with Crippen LogP contribution in [-0.4, -0.2) is 23.3 Å². The molecule has 0 saturated carbocycles. The van der Waals surface area contributed by atoms with Crippen molar-refractivity contribution in [2.45, 2.75) is 62.5 Å². The van der Waals surface area contributed by atoms with Crippen LogP contribution >= 0.6 is 11.8 Å². The second-order valence-electron chi connectivity index (χ2n) is 7.44. The van der Waals surface area contributed by atoms with Gasteiger partial charge in [-0.1, -0.05) is 23.9 Å². The lowest BCUT2D eigenvalue weighted by atomic mass is 10.2. The summed E-state index contributed by atoms with van der Waals surface area (Å²) in [6, 6.07) is 9.78. The molecule has 0 radical (unpaired) electrons. The van der Waals surface area contributed by atoms with Gasteiger partial charge in [0.15, 0.2) is 0 Å². The Labute approximate surface area is 178 Å². The van der Waals surface area contributed by atoms with Crippen LogP contribution in [0.5, 0.6) is 0 Å². The first kappa shape index (κ1) is 24.0. The number of halogens is 3. The van der Waals surface area contributed by atoms with E-state index in [1.54, 1.807) is 26.8 Å². The first-order valence-electron chi connectivity index (χ1n) is 9.36. The minimum Gasteiger partial charge on any atom is -0.444 e. The molecule has 0 aliphatic heterocycles. The molecular formula is C21H25F3N2O3S. The number of ether oxygens (including phenoxy) is 2. The molecule has 1 heterocycles. The number of nitrogens with one attached hydrogen (secondary N) is 1. The number of rotatable bonds is 7. The Hall–Kier alpha value is -2.26. The summed E-state index contributed by atoms with van der Waals surface area (Å²) in [6.45, 7) is 7.88. The first-order valence-corrected chi connectivity index (χ1v) is 10.2. The van der Waals surface area contributed by atoms with Crippen molar-refractivity contribution >= 4 is 17.9 Å². The molecule has 0 aliphatic rings. The van der Waals surface area contributed by atoms with Gasteiger partial charge in [0.1, 0.15) is 16.3 Å². The lowest BCUT2D eigenvalue weighted by Gasteiger charge is -2.20. The maximum atomic E-state index is 13.3. The number of alkyl carbamates (subject to hydrolysis) is 1. The molecule has 30 heavy (non-hydrogen) atoms. The molecular weight excluding hydrogens is 417 g/mol. The third-order valence-corrected chi connectivity index (χ3v) is 4.49. The Balaban J connectivity index is 2.21. The highest BCUT2D eigenvalue weighted by molar-refractivity contribution is 7.99. The Bertz CT molecular complexity index is 867. The van der Waals surface area contributed by atoms with Crippen molar-refractivity contribution in [1.82, 2.24) is 10.3 Å². The maximum absolute atomic E-state index is 13.3. The van der Waals surface area contributed by atoms with E-state index in [0.29, 0.717) is 13.2 Å². The number of hydrogen-bond donors (Lipinski definition) is 1. The van der Waals surface area contributed by atoms with E-state index in [1.165, 1.54) is 6.07 Å². The van der Waals surface area contributed by atoms with Crippen LogP contribution in [0.2, 0.25) is 0 Å². The molecule has 0 saturated heterocycles. The van der Waals surface area contributed by atoms with E-state index in [9.17, 15) is 18.0 Å². The van der Waals surface area contributed by atoms with Crippen molar-refractivity contribution in [1.29, 1.82) is 0 Å². The number of alkyl halides is 3. The Kier molecular flexibility index (Phi) is 8.14. The molecule has 0 atom stereocenters. The summed E-state index contributed by atoms with van der Waals surface area (Å²) in [5.74, 6) is 0. The van der Waals surface area contributed by atoms with Crippen molar-refractivity contribution in [3.05, 3.63) is 53.2 Å². The lowest BCUT2D eigenvalue weighted by Crippen LogP contribution is -2.32.